The molecule has 29 heavy (non-hydrogen) atoms. The number of benzene rings is 3. The highest BCUT2D eigenvalue weighted by atomic mass is 35.5. The topological polar surface area (TPSA) is 56.3 Å². The van der Waals surface area contributed by atoms with E-state index in [0.29, 0.717) is 38.8 Å². The molecule has 1 heterocycles. The maximum atomic E-state index is 6.39. The molecule has 7 heteroatoms. The van der Waals surface area contributed by atoms with Crippen molar-refractivity contribution in [1.82, 2.24) is 9.97 Å². The van der Waals surface area contributed by atoms with Crippen LogP contribution < -0.4 is 14.8 Å². The molecule has 4 rings (SSSR count). The van der Waals surface area contributed by atoms with Crippen LogP contribution in [0.15, 0.2) is 60.7 Å². The quantitative estimate of drug-likeness (QED) is 0.402. The van der Waals surface area contributed by atoms with Crippen molar-refractivity contribution in [3.05, 3.63) is 70.7 Å². The molecule has 0 aliphatic heterocycles. The van der Waals surface area contributed by atoms with E-state index in [1.165, 1.54) is 0 Å². The summed E-state index contributed by atoms with van der Waals surface area (Å²) in [5.41, 5.74) is 2.25. The Morgan fingerprint density at radius 3 is 2.45 bits per heavy atom. The second-order valence-corrected chi connectivity index (χ2v) is 7.07. The van der Waals surface area contributed by atoms with Crippen LogP contribution in [0.3, 0.4) is 0 Å². The van der Waals surface area contributed by atoms with E-state index in [4.69, 9.17) is 37.7 Å². The Bertz CT molecular complexity index is 1200. The smallest absolute Gasteiger partial charge is 0.163 e. The van der Waals surface area contributed by atoms with E-state index in [1.807, 2.05) is 48.5 Å². The number of para-hydroxylation sites is 1. The molecule has 5 nitrogen and oxygen atoms in total. The summed E-state index contributed by atoms with van der Waals surface area (Å²) in [6.07, 6.45) is 0. The van der Waals surface area contributed by atoms with Crippen LogP contribution in [0.25, 0.3) is 22.3 Å². The van der Waals surface area contributed by atoms with Crippen LogP contribution in [-0.2, 0) is 0 Å². The van der Waals surface area contributed by atoms with E-state index in [1.54, 1.807) is 26.4 Å². The number of methoxy groups -OCH3 is 2. The molecular weight excluding hydrogens is 409 g/mol. The second kappa shape index (κ2) is 8.15. The summed E-state index contributed by atoms with van der Waals surface area (Å²) in [6.45, 7) is 0. The zero-order valence-corrected chi connectivity index (χ0v) is 17.3. The Balaban J connectivity index is 1.86. The van der Waals surface area contributed by atoms with Gasteiger partial charge in [0.15, 0.2) is 5.82 Å². The lowest BCUT2D eigenvalue weighted by atomic mass is 10.1. The molecule has 0 bridgehead atoms. The van der Waals surface area contributed by atoms with E-state index in [9.17, 15) is 0 Å². The largest absolute Gasteiger partial charge is 0.497 e. The fraction of sp³-hybridized carbons (Fsp3) is 0.0909. The first kappa shape index (κ1) is 19.3. The van der Waals surface area contributed by atoms with Crippen molar-refractivity contribution in [1.29, 1.82) is 0 Å². The van der Waals surface area contributed by atoms with Gasteiger partial charge in [-0.2, -0.15) is 0 Å². The first-order chi connectivity index (χ1) is 14.1. The van der Waals surface area contributed by atoms with Crippen LogP contribution >= 0.6 is 23.2 Å². The summed E-state index contributed by atoms with van der Waals surface area (Å²) in [5, 5.41) is 5.28. The van der Waals surface area contributed by atoms with E-state index in [-0.39, 0.29) is 0 Å². The Labute approximate surface area is 178 Å². The maximum Gasteiger partial charge on any atom is 0.163 e. The summed E-state index contributed by atoms with van der Waals surface area (Å²) < 4.78 is 10.8. The summed E-state index contributed by atoms with van der Waals surface area (Å²) in [4.78, 5) is 9.42. The van der Waals surface area contributed by atoms with Crippen molar-refractivity contribution in [2.45, 2.75) is 0 Å². The van der Waals surface area contributed by atoms with Gasteiger partial charge >= 0.3 is 0 Å². The first-order valence-electron chi connectivity index (χ1n) is 8.80. The van der Waals surface area contributed by atoms with Gasteiger partial charge in [0, 0.05) is 22.0 Å². The van der Waals surface area contributed by atoms with Gasteiger partial charge in [0.2, 0.25) is 0 Å². The summed E-state index contributed by atoms with van der Waals surface area (Å²) in [5.74, 6) is 2.48. The Hall–Kier alpha value is -3.02. The average Bonchev–Trinajstić information content (AvgIpc) is 2.74. The van der Waals surface area contributed by atoms with Crippen molar-refractivity contribution in [3.63, 3.8) is 0 Å². The third-order valence-electron chi connectivity index (χ3n) is 4.44. The molecule has 146 valence electrons. The van der Waals surface area contributed by atoms with Gasteiger partial charge in [-0.25, -0.2) is 9.97 Å². The third-order valence-corrected chi connectivity index (χ3v) is 4.98. The maximum absolute atomic E-state index is 6.39. The van der Waals surface area contributed by atoms with Gasteiger partial charge in [0.1, 0.15) is 17.3 Å². The predicted molar refractivity (Wildman–Crippen MR) is 118 cm³/mol. The van der Waals surface area contributed by atoms with Crippen molar-refractivity contribution in [2.24, 2.45) is 0 Å². The number of ether oxygens (including phenoxy) is 2. The van der Waals surface area contributed by atoms with Crippen molar-refractivity contribution in [3.8, 4) is 22.9 Å². The third kappa shape index (κ3) is 3.92. The number of rotatable bonds is 5. The first-order valence-corrected chi connectivity index (χ1v) is 9.56. The minimum atomic E-state index is 0.487. The van der Waals surface area contributed by atoms with Gasteiger partial charge in [-0.05, 0) is 42.5 Å². The Morgan fingerprint density at radius 2 is 1.69 bits per heavy atom. The molecule has 1 aromatic heterocycles. The van der Waals surface area contributed by atoms with Crippen LogP contribution in [0.1, 0.15) is 0 Å². The normalized spacial score (nSPS) is 10.8. The molecule has 0 amide bonds. The van der Waals surface area contributed by atoms with Crippen molar-refractivity contribution >= 4 is 45.6 Å². The standard InChI is InChI=1S/C22H17Cl2N3O2/c1-28-14-8-10-19(20(12-14)29-2)26-22-16-5-3-4-6-18(16)25-21(27-22)15-9-7-13(23)11-17(15)24/h3-12H,1-2H3,(H,25,26,27). The molecule has 3 aromatic carbocycles. The zero-order chi connectivity index (χ0) is 20.4. The number of nitrogens with zero attached hydrogens (tertiary/aromatic N) is 2. The molecule has 0 spiro atoms. The lowest BCUT2D eigenvalue weighted by Crippen LogP contribution is -2.01. The molecule has 0 atom stereocenters. The minimum Gasteiger partial charge on any atom is -0.497 e. The summed E-state index contributed by atoms with van der Waals surface area (Å²) in [6, 6.07) is 18.6. The number of fused-ring (bicyclic) bond motifs is 1. The van der Waals surface area contributed by atoms with Crippen LogP contribution in [0.4, 0.5) is 11.5 Å². The molecule has 0 saturated heterocycles. The molecule has 0 unspecified atom stereocenters. The van der Waals surface area contributed by atoms with Crippen molar-refractivity contribution in [2.75, 3.05) is 19.5 Å². The minimum absolute atomic E-state index is 0.487. The predicted octanol–water partition coefficient (Wildman–Crippen LogP) is 6.36. The number of hydrogen-bond acceptors (Lipinski definition) is 5. The number of nitrogens with one attached hydrogen (secondary N) is 1. The van der Waals surface area contributed by atoms with E-state index in [2.05, 4.69) is 10.3 Å². The van der Waals surface area contributed by atoms with Gasteiger partial charge < -0.3 is 14.8 Å². The van der Waals surface area contributed by atoms with E-state index < -0.39 is 0 Å². The fourth-order valence-electron chi connectivity index (χ4n) is 2.99. The molecule has 0 aliphatic carbocycles. The lowest BCUT2D eigenvalue weighted by Gasteiger charge is -2.15. The fourth-order valence-corrected chi connectivity index (χ4v) is 3.49. The molecule has 0 saturated carbocycles. The van der Waals surface area contributed by atoms with Crippen molar-refractivity contribution < 1.29 is 9.47 Å². The highest BCUT2D eigenvalue weighted by Gasteiger charge is 2.14. The van der Waals surface area contributed by atoms with Gasteiger partial charge in [-0.3, -0.25) is 0 Å². The molecule has 4 aromatic rings. The second-order valence-electron chi connectivity index (χ2n) is 6.23. The highest BCUT2D eigenvalue weighted by Crippen LogP contribution is 2.35. The van der Waals surface area contributed by atoms with Gasteiger partial charge in [0.05, 0.1) is 30.4 Å². The highest BCUT2D eigenvalue weighted by molar-refractivity contribution is 6.36. The number of anilines is 2. The molecule has 0 aliphatic rings. The van der Waals surface area contributed by atoms with Gasteiger partial charge in [-0.15, -0.1) is 0 Å². The van der Waals surface area contributed by atoms with Crippen LogP contribution in [0, 0.1) is 0 Å². The van der Waals surface area contributed by atoms with Crippen LogP contribution in [-0.4, -0.2) is 24.2 Å². The Kier molecular flexibility index (Phi) is 5.43. The summed E-state index contributed by atoms with van der Waals surface area (Å²) >= 11 is 12.4. The number of aromatic nitrogens is 2. The van der Waals surface area contributed by atoms with Gasteiger partial charge in [-0.1, -0.05) is 35.3 Å². The van der Waals surface area contributed by atoms with Crippen LogP contribution in [0.5, 0.6) is 11.5 Å². The zero-order valence-electron chi connectivity index (χ0n) is 15.7. The molecule has 0 fully saturated rings. The molecule has 1 N–H and O–H groups in total. The monoisotopic (exact) mass is 425 g/mol. The average molecular weight is 426 g/mol. The molecule has 0 radical (unpaired) electrons. The number of halogens is 2. The Morgan fingerprint density at radius 1 is 0.862 bits per heavy atom. The van der Waals surface area contributed by atoms with E-state index in [0.717, 1.165) is 16.6 Å². The lowest BCUT2D eigenvalue weighted by molar-refractivity contribution is 0.395. The van der Waals surface area contributed by atoms with E-state index >= 15 is 0 Å². The molecular formula is C22H17Cl2N3O2. The number of hydrogen-bond donors (Lipinski definition) is 1. The van der Waals surface area contributed by atoms with Crippen LogP contribution in [0.2, 0.25) is 10.0 Å². The van der Waals surface area contributed by atoms with Gasteiger partial charge in [0.25, 0.3) is 0 Å². The summed E-state index contributed by atoms with van der Waals surface area (Å²) in [7, 11) is 3.22. The SMILES string of the molecule is COc1ccc(Nc2nc(-c3ccc(Cl)cc3Cl)nc3ccccc23)c(OC)c1.